The van der Waals surface area contributed by atoms with Crippen molar-refractivity contribution in [2.45, 2.75) is 38.9 Å². The summed E-state index contributed by atoms with van der Waals surface area (Å²) in [5, 5.41) is 0. The molecule has 2 rings (SSSR count). The highest BCUT2D eigenvalue weighted by Gasteiger charge is 2.53. The van der Waals surface area contributed by atoms with Gasteiger partial charge in [-0.25, -0.2) is 4.39 Å². The van der Waals surface area contributed by atoms with E-state index in [9.17, 15) is 4.39 Å². The van der Waals surface area contributed by atoms with Crippen LogP contribution in [0.4, 0.5) is 4.39 Å². The highest BCUT2D eigenvalue weighted by Crippen LogP contribution is 2.39. The van der Waals surface area contributed by atoms with Gasteiger partial charge in [0.1, 0.15) is 17.2 Å². The molecule has 1 fully saturated rings. The summed E-state index contributed by atoms with van der Waals surface area (Å²) in [5.74, 6) is 0.499. The van der Waals surface area contributed by atoms with E-state index in [1.54, 1.807) is 18.3 Å². The van der Waals surface area contributed by atoms with E-state index in [-0.39, 0.29) is 0 Å². The molecule has 1 aliphatic rings. The highest BCUT2D eigenvalue weighted by atomic mass is 19.1. The van der Waals surface area contributed by atoms with E-state index in [0.29, 0.717) is 11.4 Å². The van der Waals surface area contributed by atoms with Crippen molar-refractivity contribution >= 4 is 13.2 Å². The molecule has 20 heavy (non-hydrogen) atoms. The lowest BCUT2D eigenvalue weighted by molar-refractivity contribution is 0.00578. The number of hydrogen-bond acceptors (Lipinski definition) is 4. The van der Waals surface area contributed by atoms with Crippen LogP contribution >= 0.6 is 0 Å². The number of hydrogen-bond donors (Lipinski definition) is 0. The van der Waals surface area contributed by atoms with Gasteiger partial charge in [-0.2, -0.15) is 0 Å². The van der Waals surface area contributed by atoms with Gasteiger partial charge in [-0.15, -0.1) is 0 Å². The van der Waals surface area contributed by atoms with Gasteiger partial charge in [-0.1, -0.05) is 0 Å². The van der Waals surface area contributed by atoms with E-state index in [1.807, 2.05) is 27.7 Å². The Bertz CT molecular complexity index is 515. The first-order valence-corrected chi connectivity index (χ1v) is 6.48. The maximum absolute atomic E-state index is 14.3. The first-order chi connectivity index (χ1) is 9.27. The summed E-state index contributed by atoms with van der Waals surface area (Å²) in [7, 11) is 0.493. The first-order valence-electron chi connectivity index (χ1n) is 6.48. The minimum absolute atomic E-state index is 0.405. The predicted molar refractivity (Wildman–Crippen MR) is 76.0 cm³/mol. The molecule has 0 N–H and O–H groups in total. The maximum atomic E-state index is 14.3. The van der Waals surface area contributed by atoms with Gasteiger partial charge >= 0.3 is 7.12 Å². The second-order valence-corrected chi connectivity index (χ2v) is 5.71. The van der Waals surface area contributed by atoms with Gasteiger partial charge in [-0.05, 0) is 45.9 Å². The molecule has 2 heterocycles. The van der Waals surface area contributed by atoms with Gasteiger partial charge < -0.3 is 14.0 Å². The van der Waals surface area contributed by atoms with Crippen molar-refractivity contribution in [1.82, 2.24) is 4.98 Å². The maximum Gasteiger partial charge on any atom is 0.525 e. The Morgan fingerprint density at radius 3 is 2.45 bits per heavy atom. The van der Waals surface area contributed by atoms with Crippen molar-refractivity contribution in [1.29, 1.82) is 0 Å². The molecule has 1 saturated heterocycles. The van der Waals surface area contributed by atoms with Crippen LogP contribution in [0.25, 0.3) is 6.08 Å². The van der Waals surface area contributed by atoms with Crippen LogP contribution in [-0.4, -0.2) is 30.4 Å². The normalized spacial score (nSPS) is 21.1. The smallest absolute Gasteiger partial charge is 0.494 e. The molecule has 0 aromatic carbocycles. The van der Waals surface area contributed by atoms with Gasteiger partial charge in [0.25, 0.3) is 0 Å². The summed E-state index contributed by atoms with van der Waals surface area (Å²) in [5.41, 5.74) is -1.27. The van der Waals surface area contributed by atoms with Crippen LogP contribution in [0.2, 0.25) is 0 Å². The topological polar surface area (TPSA) is 40.6 Å². The fourth-order valence-corrected chi connectivity index (χ4v) is 1.84. The lowest BCUT2D eigenvalue weighted by atomic mass is 9.87. The quantitative estimate of drug-likeness (QED) is 0.797. The van der Waals surface area contributed by atoms with Crippen LogP contribution in [0.1, 0.15) is 33.4 Å². The zero-order valence-electron chi connectivity index (χ0n) is 12.4. The third kappa shape index (κ3) is 2.71. The van der Waals surface area contributed by atoms with Crippen LogP contribution < -0.4 is 4.74 Å². The van der Waals surface area contributed by atoms with Crippen molar-refractivity contribution < 1.29 is 18.4 Å². The lowest BCUT2D eigenvalue weighted by Gasteiger charge is -2.32. The Morgan fingerprint density at radius 2 is 1.90 bits per heavy atom. The van der Waals surface area contributed by atoms with E-state index in [2.05, 4.69) is 4.98 Å². The molecule has 0 bridgehead atoms. The average Bonchev–Trinajstić information content (AvgIpc) is 2.59. The molecule has 4 nitrogen and oxygen atoms in total. The fourth-order valence-electron chi connectivity index (χ4n) is 1.84. The molecule has 108 valence electrons. The van der Waals surface area contributed by atoms with Crippen LogP contribution in [0.3, 0.4) is 0 Å². The summed E-state index contributed by atoms with van der Waals surface area (Å²) in [6.45, 7) is 7.51. The molecule has 1 aromatic heterocycles. The second-order valence-electron chi connectivity index (χ2n) is 5.71. The molecular formula is C14H19BFNO3. The second kappa shape index (κ2) is 5.18. The Morgan fingerprint density at radius 1 is 1.30 bits per heavy atom. The summed E-state index contributed by atoms with van der Waals surface area (Å²) >= 11 is 0. The van der Waals surface area contributed by atoms with Gasteiger partial charge in [0.15, 0.2) is 0 Å². The van der Waals surface area contributed by atoms with E-state index < -0.39 is 24.0 Å². The molecule has 0 amide bonds. The van der Waals surface area contributed by atoms with Crippen molar-refractivity contribution in [2.75, 3.05) is 7.11 Å². The zero-order chi connectivity index (χ0) is 15.0. The average molecular weight is 279 g/mol. The standard InChI is InChI=1S/C14H19BFNO3/c1-13(2)14(3,4)20-15(19-13)12(16)9-10-11(18-5)7-6-8-17-10/h6-9H,1-5H3. The number of rotatable bonds is 3. The number of ether oxygens (including phenoxy) is 1. The molecule has 1 aliphatic heterocycles. The summed E-state index contributed by atoms with van der Waals surface area (Å²) in [6, 6.07) is 3.44. The molecule has 0 radical (unpaired) electrons. The SMILES string of the molecule is COc1cccnc1C=C(F)B1OC(C)(C)C(C)(C)O1. The van der Waals surface area contributed by atoms with E-state index >= 15 is 0 Å². The minimum Gasteiger partial charge on any atom is -0.494 e. The summed E-state index contributed by atoms with van der Waals surface area (Å²) in [4.78, 5) is 4.08. The molecule has 0 saturated carbocycles. The highest BCUT2D eigenvalue weighted by molar-refractivity contribution is 6.54. The zero-order valence-corrected chi connectivity index (χ0v) is 12.4. The molecule has 0 aliphatic carbocycles. The van der Waals surface area contributed by atoms with Gasteiger partial charge in [0.05, 0.1) is 18.3 Å². The van der Waals surface area contributed by atoms with Crippen molar-refractivity contribution in [3.8, 4) is 5.75 Å². The fraction of sp³-hybridized carbons (Fsp3) is 0.500. The molecule has 0 atom stereocenters. The van der Waals surface area contributed by atoms with Crippen molar-refractivity contribution in [2.24, 2.45) is 0 Å². The molecule has 1 aromatic rings. The Hall–Kier alpha value is -1.40. The summed E-state index contributed by atoms with van der Waals surface area (Å²) in [6.07, 6.45) is 2.85. The number of nitrogens with zero attached hydrogens (tertiary/aromatic N) is 1. The molecular weight excluding hydrogens is 260 g/mol. The van der Waals surface area contributed by atoms with Crippen molar-refractivity contribution in [3.05, 3.63) is 29.7 Å². The van der Waals surface area contributed by atoms with E-state index in [4.69, 9.17) is 14.0 Å². The van der Waals surface area contributed by atoms with Crippen molar-refractivity contribution in [3.63, 3.8) is 0 Å². The number of halogens is 1. The number of aromatic nitrogens is 1. The summed E-state index contributed by atoms with van der Waals surface area (Å²) < 4.78 is 30.7. The Balaban J connectivity index is 2.24. The number of methoxy groups -OCH3 is 1. The predicted octanol–water partition coefficient (Wildman–Crippen LogP) is 3.03. The van der Waals surface area contributed by atoms with Gasteiger partial charge in [-0.3, -0.25) is 4.98 Å². The van der Waals surface area contributed by atoms with Crippen LogP contribution in [0, 0.1) is 0 Å². The molecule has 0 spiro atoms. The van der Waals surface area contributed by atoms with Gasteiger partial charge in [0, 0.05) is 6.20 Å². The third-order valence-electron chi connectivity index (χ3n) is 3.77. The largest absolute Gasteiger partial charge is 0.525 e. The van der Waals surface area contributed by atoms with Crippen LogP contribution in [0.15, 0.2) is 24.1 Å². The van der Waals surface area contributed by atoms with E-state index in [1.165, 1.54) is 13.2 Å². The lowest BCUT2D eigenvalue weighted by Crippen LogP contribution is -2.41. The number of pyridine rings is 1. The van der Waals surface area contributed by atoms with Crippen LogP contribution in [0.5, 0.6) is 5.75 Å². The molecule has 6 heteroatoms. The van der Waals surface area contributed by atoms with E-state index in [0.717, 1.165) is 0 Å². The van der Waals surface area contributed by atoms with Gasteiger partial charge in [0.2, 0.25) is 0 Å². The first kappa shape index (κ1) is 15.0. The Kier molecular flexibility index (Phi) is 3.89. The monoisotopic (exact) mass is 279 g/mol. The minimum atomic E-state index is -1.02. The molecule has 0 unspecified atom stereocenters. The van der Waals surface area contributed by atoms with Crippen LogP contribution in [-0.2, 0) is 9.31 Å². The Labute approximate surface area is 119 Å². The third-order valence-corrected chi connectivity index (χ3v) is 3.77.